The van der Waals surface area contributed by atoms with Crippen LogP contribution in [0.4, 0.5) is 11.8 Å². The first-order chi connectivity index (χ1) is 13.6. The molecule has 0 saturated carbocycles. The van der Waals surface area contributed by atoms with Crippen molar-refractivity contribution in [3.8, 4) is 10.7 Å². The number of anilines is 2. The van der Waals surface area contributed by atoms with E-state index in [0.717, 1.165) is 42.5 Å². The molecule has 0 atom stereocenters. The van der Waals surface area contributed by atoms with Crippen LogP contribution in [0.1, 0.15) is 24.0 Å². The molecule has 6 nitrogen and oxygen atoms in total. The predicted molar refractivity (Wildman–Crippen MR) is 114 cm³/mol. The summed E-state index contributed by atoms with van der Waals surface area (Å²) < 4.78 is 4.34. The molecule has 7 heteroatoms. The molecule has 0 unspecified atom stereocenters. The van der Waals surface area contributed by atoms with Crippen molar-refractivity contribution in [3.05, 3.63) is 53.6 Å². The Labute approximate surface area is 168 Å². The number of hydrogen-bond acceptors (Lipinski definition) is 7. The van der Waals surface area contributed by atoms with Crippen LogP contribution in [0.5, 0.6) is 0 Å². The average Bonchev–Trinajstić information content (AvgIpc) is 3.36. The molecule has 0 radical (unpaired) electrons. The summed E-state index contributed by atoms with van der Waals surface area (Å²) in [5.74, 6) is 1.64. The van der Waals surface area contributed by atoms with Gasteiger partial charge in [-0.2, -0.15) is 9.36 Å². The van der Waals surface area contributed by atoms with Crippen LogP contribution in [0, 0.1) is 0 Å². The van der Waals surface area contributed by atoms with Crippen LogP contribution in [0.3, 0.4) is 0 Å². The number of aromatic nitrogens is 4. The lowest BCUT2D eigenvalue weighted by molar-refractivity contribution is 0.409. The van der Waals surface area contributed by atoms with Crippen molar-refractivity contribution in [1.82, 2.24) is 19.6 Å². The number of benzene rings is 1. The highest BCUT2D eigenvalue weighted by molar-refractivity contribution is 7.09. The van der Waals surface area contributed by atoms with E-state index >= 15 is 0 Å². The number of rotatable bonds is 3. The van der Waals surface area contributed by atoms with Gasteiger partial charge in [0.15, 0.2) is 10.8 Å². The van der Waals surface area contributed by atoms with E-state index < -0.39 is 0 Å². The molecule has 1 aromatic carbocycles. The minimum absolute atomic E-state index is 0.190. The highest BCUT2D eigenvalue weighted by Crippen LogP contribution is 2.44. The number of allylic oxidation sites excluding steroid dienone is 1. The molecule has 142 valence electrons. The van der Waals surface area contributed by atoms with E-state index in [0.29, 0.717) is 5.95 Å². The lowest BCUT2D eigenvalue weighted by atomic mass is 9.74. The second-order valence-corrected chi connectivity index (χ2v) is 8.39. The Balaban J connectivity index is 1.30. The molecular weight excluding hydrogens is 368 g/mol. The van der Waals surface area contributed by atoms with Crippen LogP contribution in [-0.4, -0.2) is 46.7 Å². The third kappa shape index (κ3) is 2.86. The van der Waals surface area contributed by atoms with Crippen LogP contribution in [-0.2, 0) is 5.41 Å². The fourth-order valence-corrected chi connectivity index (χ4v) is 4.81. The van der Waals surface area contributed by atoms with E-state index in [-0.39, 0.29) is 5.41 Å². The number of nitrogens with zero attached hydrogens (tertiary/aromatic N) is 6. The third-order valence-corrected chi connectivity index (χ3v) is 6.47. The van der Waals surface area contributed by atoms with Gasteiger partial charge in [-0.15, -0.1) is 10.2 Å². The van der Waals surface area contributed by atoms with Gasteiger partial charge in [0.25, 0.3) is 0 Å². The van der Waals surface area contributed by atoms with Gasteiger partial charge in [0, 0.05) is 32.6 Å². The predicted octanol–water partition coefficient (Wildman–Crippen LogP) is 3.63. The van der Waals surface area contributed by atoms with Crippen molar-refractivity contribution in [3.63, 3.8) is 0 Å². The molecule has 3 heterocycles. The zero-order chi connectivity index (χ0) is 19.1. The summed E-state index contributed by atoms with van der Waals surface area (Å²) in [6.07, 6.45) is 6.89. The molecule has 1 saturated heterocycles. The Kier molecular flexibility index (Phi) is 4.12. The first-order valence-electron chi connectivity index (χ1n) is 9.53. The topological polar surface area (TPSA) is 58.0 Å². The van der Waals surface area contributed by atoms with Crippen LogP contribution < -0.4 is 9.80 Å². The molecule has 0 N–H and O–H groups in total. The van der Waals surface area contributed by atoms with Crippen molar-refractivity contribution in [1.29, 1.82) is 0 Å². The second kappa shape index (κ2) is 6.67. The SMILES string of the molecule is CN(C)c1nsc(-c2ccc(N3CCC4(C=Cc5ccccc54)CC3)nn2)n1. The van der Waals surface area contributed by atoms with Crippen molar-refractivity contribution in [2.45, 2.75) is 18.3 Å². The molecule has 1 fully saturated rings. The molecule has 1 spiro atoms. The van der Waals surface area contributed by atoms with E-state index in [2.05, 4.69) is 66.9 Å². The van der Waals surface area contributed by atoms with Gasteiger partial charge < -0.3 is 9.80 Å². The molecule has 1 aliphatic heterocycles. The van der Waals surface area contributed by atoms with E-state index in [9.17, 15) is 0 Å². The standard InChI is InChI=1S/C21H22N6S/c1-26(2)20-22-19(28-25-20)17-7-8-18(24-23-17)27-13-11-21(12-14-27)10-9-15-5-3-4-6-16(15)21/h3-10H,11-14H2,1-2H3. The Morgan fingerprint density at radius 1 is 1.04 bits per heavy atom. The summed E-state index contributed by atoms with van der Waals surface area (Å²) in [6.45, 7) is 1.96. The third-order valence-electron chi connectivity index (χ3n) is 5.74. The van der Waals surface area contributed by atoms with Crippen molar-refractivity contribution >= 4 is 29.4 Å². The Morgan fingerprint density at radius 2 is 1.86 bits per heavy atom. The van der Waals surface area contributed by atoms with E-state index in [1.165, 1.54) is 22.7 Å². The summed E-state index contributed by atoms with van der Waals surface area (Å²) >= 11 is 1.35. The maximum atomic E-state index is 4.50. The molecule has 5 rings (SSSR count). The molecular formula is C21H22N6S. The van der Waals surface area contributed by atoms with Gasteiger partial charge >= 0.3 is 0 Å². The minimum atomic E-state index is 0.190. The van der Waals surface area contributed by atoms with Gasteiger partial charge in [-0.05, 0) is 47.6 Å². The van der Waals surface area contributed by atoms with Gasteiger partial charge in [0.2, 0.25) is 5.95 Å². The molecule has 1 aliphatic carbocycles. The highest BCUT2D eigenvalue weighted by atomic mass is 32.1. The van der Waals surface area contributed by atoms with Gasteiger partial charge in [0.05, 0.1) is 0 Å². The Bertz CT molecular complexity index is 1020. The van der Waals surface area contributed by atoms with Gasteiger partial charge in [-0.1, -0.05) is 36.4 Å². The van der Waals surface area contributed by atoms with Crippen molar-refractivity contribution in [2.24, 2.45) is 0 Å². The quantitative estimate of drug-likeness (QED) is 0.681. The van der Waals surface area contributed by atoms with E-state index in [1.807, 2.05) is 25.1 Å². The number of hydrogen-bond donors (Lipinski definition) is 0. The lowest BCUT2D eigenvalue weighted by Gasteiger charge is -2.39. The highest BCUT2D eigenvalue weighted by Gasteiger charge is 2.38. The first-order valence-corrected chi connectivity index (χ1v) is 10.3. The normalized spacial score (nSPS) is 17.1. The van der Waals surface area contributed by atoms with Crippen LogP contribution >= 0.6 is 11.5 Å². The van der Waals surface area contributed by atoms with Gasteiger partial charge in [-0.25, -0.2) is 0 Å². The molecule has 2 aliphatic rings. The summed E-state index contributed by atoms with van der Waals surface area (Å²) in [5, 5.41) is 9.68. The van der Waals surface area contributed by atoms with Crippen LogP contribution in [0.2, 0.25) is 0 Å². The van der Waals surface area contributed by atoms with Crippen molar-refractivity contribution in [2.75, 3.05) is 37.0 Å². The first kappa shape index (κ1) is 17.3. The summed E-state index contributed by atoms with van der Waals surface area (Å²) in [4.78, 5) is 8.73. The monoisotopic (exact) mass is 390 g/mol. The Morgan fingerprint density at radius 3 is 2.57 bits per heavy atom. The number of piperidine rings is 1. The summed E-state index contributed by atoms with van der Waals surface area (Å²) in [7, 11) is 3.86. The second-order valence-electron chi connectivity index (χ2n) is 7.63. The molecule has 3 aromatic rings. The fraction of sp³-hybridized carbons (Fsp3) is 0.333. The molecule has 0 amide bonds. The maximum Gasteiger partial charge on any atom is 0.237 e. The molecule has 2 aromatic heterocycles. The van der Waals surface area contributed by atoms with Crippen LogP contribution in [0.25, 0.3) is 16.8 Å². The van der Waals surface area contributed by atoms with Crippen LogP contribution in [0.15, 0.2) is 42.5 Å². The number of fused-ring (bicyclic) bond motifs is 2. The lowest BCUT2D eigenvalue weighted by Crippen LogP contribution is -2.41. The van der Waals surface area contributed by atoms with Crippen molar-refractivity contribution < 1.29 is 0 Å². The Hall–Kier alpha value is -2.80. The largest absolute Gasteiger partial charge is 0.355 e. The van der Waals surface area contributed by atoms with E-state index in [1.54, 1.807) is 0 Å². The smallest absolute Gasteiger partial charge is 0.237 e. The van der Waals surface area contributed by atoms with Gasteiger partial charge in [0.1, 0.15) is 5.69 Å². The minimum Gasteiger partial charge on any atom is -0.355 e. The van der Waals surface area contributed by atoms with Gasteiger partial charge in [-0.3, -0.25) is 0 Å². The average molecular weight is 391 g/mol. The summed E-state index contributed by atoms with van der Waals surface area (Å²) in [5.41, 5.74) is 3.81. The zero-order valence-corrected chi connectivity index (χ0v) is 16.9. The fourth-order valence-electron chi connectivity index (χ4n) is 4.12. The molecule has 0 bridgehead atoms. The zero-order valence-electron chi connectivity index (χ0n) is 16.0. The van der Waals surface area contributed by atoms with E-state index in [4.69, 9.17) is 0 Å². The summed E-state index contributed by atoms with van der Waals surface area (Å²) in [6, 6.07) is 12.8. The molecule has 28 heavy (non-hydrogen) atoms. The maximum absolute atomic E-state index is 4.50.